The first kappa shape index (κ1) is 89.5. The van der Waals surface area contributed by atoms with Crippen LogP contribution in [0.15, 0.2) is 222 Å². The highest BCUT2D eigenvalue weighted by molar-refractivity contribution is 6.03. The second-order valence-electron chi connectivity index (χ2n) is 35.1. The minimum absolute atomic E-state index is 0.0386. The highest BCUT2D eigenvalue weighted by Gasteiger charge is 2.48. The number of pyridine rings is 12. The van der Waals surface area contributed by atoms with Gasteiger partial charge in [0.1, 0.15) is 46.5 Å². The van der Waals surface area contributed by atoms with E-state index in [4.69, 9.17) is 22.9 Å². The van der Waals surface area contributed by atoms with Gasteiger partial charge in [-0.3, -0.25) is 47.9 Å². The third kappa shape index (κ3) is 19.0. The van der Waals surface area contributed by atoms with Crippen molar-refractivity contribution in [3.63, 3.8) is 0 Å². The zero-order valence-corrected chi connectivity index (χ0v) is 77.2. The molecule has 0 radical (unpaired) electrons. The summed E-state index contributed by atoms with van der Waals surface area (Å²) in [6.07, 6.45) is 39.2. The summed E-state index contributed by atoms with van der Waals surface area (Å²) >= 11 is 0. The molecule has 0 aromatic carbocycles. The molecule has 0 spiro atoms. The molecule has 0 unspecified atom stereocenters. The minimum atomic E-state index is -0.0724. The lowest BCUT2D eigenvalue weighted by atomic mass is 10.0. The van der Waals surface area contributed by atoms with Gasteiger partial charge in [0.2, 0.25) is 23.6 Å². The van der Waals surface area contributed by atoms with Crippen LogP contribution in [0.2, 0.25) is 0 Å². The molecule has 18 heterocycles. The van der Waals surface area contributed by atoms with Crippen LogP contribution in [0.25, 0.3) is 111 Å². The molecule has 38 nitrogen and oxygen atoms in total. The number of fused-ring (bicyclic) bond motifs is 4. The number of rotatable bonds is 22. The first-order valence-corrected chi connectivity index (χ1v) is 44.6. The van der Waals surface area contributed by atoms with Crippen LogP contribution in [0.4, 0.5) is 46.5 Å². The number of aromatic nitrogens is 24. The average molecular weight is 1840 g/mol. The van der Waals surface area contributed by atoms with Crippen molar-refractivity contribution >= 4 is 125 Å². The van der Waals surface area contributed by atoms with Gasteiger partial charge >= 0.3 is 0 Å². The van der Waals surface area contributed by atoms with Gasteiger partial charge < -0.3 is 54.8 Å². The molecule has 0 saturated heterocycles. The molecular formula is C100H98N34O4. The zero-order valence-electron chi connectivity index (χ0n) is 77.2. The van der Waals surface area contributed by atoms with Crippen LogP contribution in [0.1, 0.15) is 105 Å². The lowest BCUT2D eigenvalue weighted by Gasteiger charge is -2.12. The molecule has 0 bridgehead atoms. The molecule has 138 heavy (non-hydrogen) atoms. The second kappa shape index (κ2) is 37.0. The van der Waals surface area contributed by atoms with E-state index in [0.29, 0.717) is 69.3 Å². The first-order valence-electron chi connectivity index (χ1n) is 44.6. The van der Waals surface area contributed by atoms with Crippen LogP contribution < -0.4 is 54.8 Å². The Bertz CT molecular complexity index is 7390. The maximum absolute atomic E-state index is 12.8. The summed E-state index contributed by atoms with van der Waals surface area (Å²) in [4.78, 5) is 105. The molecular weight excluding hydrogens is 1740 g/mol. The van der Waals surface area contributed by atoms with Crippen molar-refractivity contribution in [3.05, 3.63) is 278 Å². The van der Waals surface area contributed by atoms with E-state index in [2.05, 4.69) is 135 Å². The Labute approximate surface area is 790 Å². The average Bonchev–Trinajstić information content (AvgIpc) is 1.67. The Morgan fingerprint density at radius 2 is 0.594 bits per heavy atom. The van der Waals surface area contributed by atoms with E-state index in [1.54, 1.807) is 90.1 Å². The fraction of sp³-hybridized carbons (Fsp3) is 0.220. The third-order valence-corrected chi connectivity index (χ3v) is 25.3. The number of hydrogen-bond donors (Lipinski definition) is 10. The third-order valence-electron chi connectivity index (χ3n) is 25.3. The van der Waals surface area contributed by atoms with Crippen molar-refractivity contribution in [2.24, 2.45) is 51.9 Å². The predicted octanol–water partition coefficient (Wildman–Crippen LogP) is 13.0. The molecule has 14 N–H and O–H groups in total. The van der Waals surface area contributed by atoms with Crippen LogP contribution in [-0.2, 0) is 47.4 Å². The Kier molecular flexibility index (Phi) is 24.0. The van der Waals surface area contributed by atoms with Crippen LogP contribution in [-0.4, -0.2) is 156 Å². The highest BCUT2D eigenvalue weighted by atomic mass is 16.2. The molecule has 38 heteroatoms. The molecule has 4 aliphatic rings. The molecule has 4 amide bonds. The molecule has 18 aromatic heterocycles. The normalized spacial score (nSPS) is 16.9. The number of nitrogens with zero attached hydrogens (tertiary/aromatic N) is 24. The predicted molar refractivity (Wildman–Crippen MR) is 529 cm³/mol. The van der Waals surface area contributed by atoms with Gasteiger partial charge in [0.25, 0.3) is 0 Å². The van der Waals surface area contributed by atoms with E-state index >= 15 is 0 Å². The summed E-state index contributed by atoms with van der Waals surface area (Å²) in [5, 5.41) is 49.4. The van der Waals surface area contributed by atoms with Crippen LogP contribution in [0.3, 0.4) is 0 Å². The lowest BCUT2D eigenvalue weighted by Crippen LogP contribution is -2.15. The maximum Gasteiger partial charge on any atom is 0.229 e. The van der Waals surface area contributed by atoms with Gasteiger partial charge in [0.05, 0.1) is 70.3 Å². The lowest BCUT2D eigenvalue weighted by molar-refractivity contribution is -0.118. The van der Waals surface area contributed by atoms with Crippen LogP contribution in [0.5, 0.6) is 0 Å². The van der Waals surface area contributed by atoms with E-state index in [1.807, 2.05) is 217 Å². The van der Waals surface area contributed by atoms with Gasteiger partial charge in [-0.15, -0.1) is 0 Å². The van der Waals surface area contributed by atoms with E-state index in [-0.39, 0.29) is 71.0 Å². The number of aryl methyl sites for hydroxylation is 8. The molecule has 4 saturated carbocycles. The number of carbonyl (C=O) groups excluding carboxylic acids is 4. The molecule has 8 atom stereocenters. The Balaban J connectivity index is 0.000000118. The van der Waals surface area contributed by atoms with Gasteiger partial charge in [0.15, 0.2) is 11.6 Å². The Hall–Kier alpha value is -17.7. The number of nitrogens with two attached hydrogens (primary N) is 4. The fourth-order valence-electron chi connectivity index (χ4n) is 17.2. The molecule has 0 aliphatic heterocycles. The van der Waals surface area contributed by atoms with E-state index in [1.165, 1.54) is 0 Å². The Morgan fingerprint density at radius 3 is 0.819 bits per heavy atom. The monoisotopic (exact) mass is 1840 g/mol. The van der Waals surface area contributed by atoms with Gasteiger partial charge in [-0.25, -0.2) is 59.2 Å². The topological polar surface area (TPSA) is 506 Å². The standard InChI is InChI=1S/2C25H23N9O.2C25H26N8O/c2*1-14-6-23(34-5-3-4-29-34)28-11-19(14)21-7-15-8-22(27-12-20(15)24(26)31-21)32-25(35)18-9-17(18)16-10-30-33(2)13-16;2*1-13-5-21(14(2)27-3)28-10-19(13)22-6-15-7-23(29-11-20(15)24(26)31-22)32-25(34)18-8-17(18)16-9-30-33(4)12-16/h2*3-8,10-13,17-18H,9H2,1-2H3,(H2,26,31)(H,27,32,35);2*5-7,9-12,17-18,27H,2,8H2,1,3-4H3,(H2,26,31)(H,29,32,34)/t4*17-,18+/m1010/s1. The van der Waals surface area contributed by atoms with Crippen molar-refractivity contribution < 1.29 is 19.2 Å². The number of nitrogens with one attached hydrogen (secondary N) is 6. The number of carbonyl (C=O) groups is 4. The number of hydrogen-bond acceptors (Lipinski definition) is 28. The highest BCUT2D eigenvalue weighted by Crippen LogP contribution is 2.51. The summed E-state index contributed by atoms with van der Waals surface area (Å²) in [7, 11) is 11.1. The van der Waals surface area contributed by atoms with Crippen molar-refractivity contribution in [2.75, 3.05) is 58.3 Å². The van der Waals surface area contributed by atoms with Crippen molar-refractivity contribution in [2.45, 2.75) is 77.0 Å². The Morgan fingerprint density at radius 1 is 0.333 bits per heavy atom. The van der Waals surface area contributed by atoms with Crippen molar-refractivity contribution in [1.29, 1.82) is 0 Å². The minimum Gasteiger partial charge on any atom is -0.387 e. The van der Waals surface area contributed by atoms with E-state index in [9.17, 15) is 19.2 Å². The SMILES string of the molecule is C=C(NC)c1cc(C)c(-c2cc3cc(NC(=O)[C@@H]4C[C@H]4c4cnn(C)c4)ncc3c(N)n2)cn1.C=C(NC)c1cc(C)c(-c2cc3cc(NC(=O)[C@H]4C[C@@H]4c4cnn(C)c4)ncc3c(N)n2)cn1.Cc1cc(-n2cccn2)ncc1-c1cc2cc(NC(=O)[C@@H]3C[C@H]3c3cnn(C)c3)ncc2c(N)n1.Cc1cc(-n2cccn2)ncc1-c1cc2cc(NC(=O)[C@H]3C[C@@H]3c3cnn(C)c3)ncc2c(N)n1. The van der Waals surface area contributed by atoms with E-state index < -0.39 is 0 Å². The number of anilines is 8. The fourth-order valence-corrected chi connectivity index (χ4v) is 17.2. The second-order valence-corrected chi connectivity index (χ2v) is 35.1. The molecule has 18 aromatic rings. The van der Waals surface area contributed by atoms with Gasteiger partial charge in [0, 0.05) is 209 Å². The molecule has 692 valence electrons. The summed E-state index contributed by atoms with van der Waals surface area (Å²) in [6, 6.07) is 26.6. The molecule has 4 aliphatic carbocycles. The largest absolute Gasteiger partial charge is 0.387 e. The molecule has 4 fully saturated rings. The van der Waals surface area contributed by atoms with Crippen molar-refractivity contribution in [1.82, 2.24) is 129 Å². The summed E-state index contributed by atoms with van der Waals surface area (Å²) < 4.78 is 10.4. The first-order chi connectivity index (χ1) is 66.6. The van der Waals surface area contributed by atoms with E-state index in [0.717, 1.165) is 170 Å². The zero-order chi connectivity index (χ0) is 96.2. The summed E-state index contributed by atoms with van der Waals surface area (Å²) in [5.41, 5.74) is 42.7. The smallest absolute Gasteiger partial charge is 0.229 e. The van der Waals surface area contributed by atoms with Crippen LogP contribution in [0, 0.1) is 51.4 Å². The van der Waals surface area contributed by atoms with Gasteiger partial charge in [-0.05, 0) is 228 Å². The van der Waals surface area contributed by atoms with Crippen LogP contribution >= 0.6 is 0 Å². The number of amides is 4. The summed E-state index contributed by atoms with van der Waals surface area (Å²) in [6.45, 7) is 15.9. The molecule has 22 rings (SSSR count). The van der Waals surface area contributed by atoms with Gasteiger partial charge in [-0.2, -0.15) is 30.6 Å². The quantitative estimate of drug-likeness (QED) is 0.0301. The maximum atomic E-state index is 12.8. The van der Waals surface area contributed by atoms with Gasteiger partial charge in [-0.1, -0.05) is 13.2 Å². The van der Waals surface area contributed by atoms with Crippen molar-refractivity contribution in [3.8, 4) is 56.7 Å². The number of nitrogen functional groups attached to an aromatic ring is 4. The summed E-state index contributed by atoms with van der Waals surface area (Å²) in [5.74, 6) is 5.27.